The Balaban J connectivity index is 2.27. The van der Waals surface area contributed by atoms with Gasteiger partial charge in [0.1, 0.15) is 5.75 Å². The van der Waals surface area contributed by atoms with Crippen molar-refractivity contribution < 1.29 is 4.74 Å². The van der Waals surface area contributed by atoms with Gasteiger partial charge in [-0.25, -0.2) is 0 Å². The van der Waals surface area contributed by atoms with Crippen molar-refractivity contribution in [2.24, 2.45) is 0 Å². The minimum Gasteiger partial charge on any atom is -0.494 e. The van der Waals surface area contributed by atoms with Gasteiger partial charge >= 0.3 is 0 Å². The molecule has 3 heteroatoms. The molecular formula is C14H24N2O. The van der Waals surface area contributed by atoms with Crippen molar-refractivity contribution in [3.63, 3.8) is 0 Å². The van der Waals surface area contributed by atoms with Gasteiger partial charge in [-0.3, -0.25) is 0 Å². The maximum absolute atomic E-state index is 5.60. The number of nitrogens with one attached hydrogen (secondary N) is 2. The first kappa shape index (κ1) is 14.0. The molecule has 3 nitrogen and oxygen atoms in total. The van der Waals surface area contributed by atoms with Crippen LogP contribution in [0.1, 0.15) is 25.3 Å². The molecule has 1 rings (SSSR count). The molecule has 0 saturated heterocycles. The van der Waals surface area contributed by atoms with Crippen LogP contribution in [0.3, 0.4) is 0 Å². The third-order valence-corrected chi connectivity index (χ3v) is 2.48. The molecule has 1 aromatic rings. The highest BCUT2D eigenvalue weighted by Gasteiger charge is 1.96. The quantitative estimate of drug-likeness (QED) is 0.645. The zero-order valence-corrected chi connectivity index (χ0v) is 11.0. The summed E-state index contributed by atoms with van der Waals surface area (Å²) in [6, 6.07) is 8.31. The molecule has 0 saturated carbocycles. The van der Waals surface area contributed by atoms with Crippen molar-refractivity contribution in [2.45, 2.75) is 26.3 Å². The summed E-state index contributed by atoms with van der Waals surface area (Å²) in [5.41, 5.74) is 1.28. The third-order valence-electron chi connectivity index (χ3n) is 2.48. The van der Waals surface area contributed by atoms with E-state index in [1.54, 1.807) is 0 Å². The van der Waals surface area contributed by atoms with Crippen LogP contribution in [0.4, 0.5) is 0 Å². The lowest BCUT2D eigenvalue weighted by Gasteiger charge is -2.08. The highest BCUT2D eigenvalue weighted by molar-refractivity contribution is 5.28. The van der Waals surface area contributed by atoms with Crippen LogP contribution in [0.15, 0.2) is 24.3 Å². The van der Waals surface area contributed by atoms with Crippen molar-refractivity contribution >= 4 is 0 Å². The molecular weight excluding hydrogens is 212 g/mol. The summed E-state index contributed by atoms with van der Waals surface area (Å²) in [7, 11) is 1.98. The Labute approximate surface area is 105 Å². The molecule has 17 heavy (non-hydrogen) atoms. The summed E-state index contributed by atoms with van der Waals surface area (Å²) in [5.74, 6) is 0.973. The van der Waals surface area contributed by atoms with Crippen LogP contribution in [0, 0.1) is 0 Å². The maximum Gasteiger partial charge on any atom is 0.119 e. The fourth-order valence-corrected chi connectivity index (χ4v) is 1.59. The second-order valence-electron chi connectivity index (χ2n) is 4.13. The van der Waals surface area contributed by atoms with Crippen LogP contribution in [0.5, 0.6) is 5.75 Å². The summed E-state index contributed by atoms with van der Waals surface area (Å²) < 4.78 is 5.60. The predicted octanol–water partition coefficient (Wildman–Crippen LogP) is 2.17. The van der Waals surface area contributed by atoms with Gasteiger partial charge in [0.2, 0.25) is 0 Å². The Hall–Kier alpha value is -1.06. The maximum atomic E-state index is 5.60. The second kappa shape index (κ2) is 9.02. The lowest BCUT2D eigenvalue weighted by atomic mass is 10.2. The molecule has 0 radical (unpaired) electrons. The largest absolute Gasteiger partial charge is 0.494 e. The minimum atomic E-state index is 0.791. The van der Waals surface area contributed by atoms with Gasteiger partial charge < -0.3 is 15.4 Å². The zero-order chi connectivity index (χ0) is 12.3. The second-order valence-corrected chi connectivity index (χ2v) is 4.13. The van der Waals surface area contributed by atoms with Crippen molar-refractivity contribution in [3.8, 4) is 5.75 Å². The number of hydrogen-bond donors (Lipinski definition) is 2. The first-order chi connectivity index (χ1) is 8.36. The third kappa shape index (κ3) is 6.29. The Bertz CT molecular complexity index is 302. The van der Waals surface area contributed by atoms with Gasteiger partial charge in [0.25, 0.3) is 0 Å². The van der Waals surface area contributed by atoms with E-state index in [0.717, 1.165) is 44.8 Å². The fourth-order valence-electron chi connectivity index (χ4n) is 1.59. The minimum absolute atomic E-state index is 0.791. The SMILES string of the molecule is CCCOc1cccc(CNCCCNC)c1. The van der Waals surface area contributed by atoms with Gasteiger partial charge in [-0.15, -0.1) is 0 Å². The summed E-state index contributed by atoms with van der Waals surface area (Å²) >= 11 is 0. The highest BCUT2D eigenvalue weighted by Crippen LogP contribution is 2.13. The summed E-state index contributed by atoms with van der Waals surface area (Å²) in [4.78, 5) is 0. The first-order valence-corrected chi connectivity index (χ1v) is 6.44. The van der Waals surface area contributed by atoms with Crippen LogP contribution in [-0.4, -0.2) is 26.7 Å². The lowest BCUT2D eigenvalue weighted by Crippen LogP contribution is -2.19. The van der Waals surface area contributed by atoms with Crippen molar-refractivity contribution in [2.75, 3.05) is 26.7 Å². The molecule has 0 amide bonds. The summed E-state index contributed by atoms with van der Waals surface area (Å²) in [6.45, 7) is 5.92. The van der Waals surface area contributed by atoms with Crippen molar-refractivity contribution in [1.29, 1.82) is 0 Å². The van der Waals surface area contributed by atoms with E-state index in [-0.39, 0.29) is 0 Å². The van der Waals surface area contributed by atoms with E-state index < -0.39 is 0 Å². The Morgan fingerprint density at radius 3 is 2.88 bits per heavy atom. The van der Waals surface area contributed by atoms with E-state index in [2.05, 4.69) is 35.8 Å². The average molecular weight is 236 g/mol. The van der Waals surface area contributed by atoms with Gasteiger partial charge in [0, 0.05) is 6.54 Å². The van der Waals surface area contributed by atoms with Gasteiger partial charge in [0.05, 0.1) is 6.61 Å². The predicted molar refractivity (Wildman–Crippen MR) is 72.5 cm³/mol. The Morgan fingerprint density at radius 1 is 1.24 bits per heavy atom. The van der Waals surface area contributed by atoms with E-state index in [4.69, 9.17) is 4.74 Å². The normalized spacial score (nSPS) is 10.5. The van der Waals surface area contributed by atoms with Crippen molar-refractivity contribution in [3.05, 3.63) is 29.8 Å². The zero-order valence-electron chi connectivity index (χ0n) is 11.0. The van der Waals surface area contributed by atoms with Crippen LogP contribution < -0.4 is 15.4 Å². The monoisotopic (exact) mass is 236 g/mol. The standard InChI is InChI=1S/C14H24N2O/c1-3-10-17-14-7-4-6-13(11-14)12-16-9-5-8-15-2/h4,6-7,11,15-16H,3,5,8-10,12H2,1-2H3. The van der Waals surface area contributed by atoms with E-state index in [0.29, 0.717) is 0 Å². The molecule has 0 aromatic heterocycles. The average Bonchev–Trinajstić information content (AvgIpc) is 2.37. The first-order valence-electron chi connectivity index (χ1n) is 6.44. The summed E-state index contributed by atoms with van der Waals surface area (Å²) in [5, 5.41) is 6.56. The number of rotatable bonds is 9. The molecule has 96 valence electrons. The smallest absolute Gasteiger partial charge is 0.119 e. The Morgan fingerprint density at radius 2 is 2.12 bits per heavy atom. The van der Waals surface area contributed by atoms with E-state index in [1.165, 1.54) is 5.56 Å². The molecule has 0 aliphatic heterocycles. The molecule has 2 N–H and O–H groups in total. The van der Waals surface area contributed by atoms with Gasteiger partial charge in [-0.1, -0.05) is 19.1 Å². The molecule has 0 unspecified atom stereocenters. The molecule has 0 fully saturated rings. The number of benzene rings is 1. The van der Waals surface area contributed by atoms with Crippen LogP contribution in [0.2, 0.25) is 0 Å². The fraction of sp³-hybridized carbons (Fsp3) is 0.571. The van der Waals surface area contributed by atoms with E-state index in [9.17, 15) is 0 Å². The Kier molecular flexibility index (Phi) is 7.43. The van der Waals surface area contributed by atoms with E-state index in [1.807, 2.05) is 13.1 Å². The lowest BCUT2D eigenvalue weighted by molar-refractivity contribution is 0.317. The molecule has 0 atom stereocenters. The van der Waals surface area contributed by atoms with E-state index >= 15 is 0 Å². The molecule has 0 aliphatic carbocycles. The van der Waals surface area contributed by atoms with Crippen LogP contribution >= 0.6 is 0 Å². The number of hydrogen-bond acceptors (Lipinski definition) is 3. The molecule has 1 aromatic carbocycles. The molecule has 0 bridgehead atoms. The number of ether oxygens (including phenoxy) is 1. The molecule has 0 aliphatic rings. The van der Waals surface area contributed by atoms with Crippen molar-refractivity contribution in [1.82, 2.24) is 10.6 Å². The topological polar surface area (TPSA) is 33.3 Å². The molecule has 0 heterocycles. The van der Waals surface area contributed by atoms with Gasteiger partial charge in [-0.05, 0) is 50.7 Å². The van der Waals surface area contributed by atoms with Gasteiger partial charge in [-0.2, -0.15) is 0 Å². The highest BCUT2D eigenvalue weighted by atomic mass is 16.5. The summed E-state index contributed by atoms with van der Waals surface area (Å²) in [6.07, 6.45) is 2.20. The van der Waals surface area contributed by atoms with Crippen LogP contribution in [-0.2, 0) is 6.54 Å². The van der Waals surface area contributed by atoms with Gasteiger partial charge in [0.15, 0.2) is 0 Å². The molecule has 0 spiro atoms. The van der Waals surface area contributed by atoms with Crippen LogP contribution in [0.25, 0.3) is 0 Å².